The molecule has 0 spiro atoms. The van der Waals surface area contributed by atoms with Crippen LogP contribution in [-0.2, 0) is 14.3 Å². The fourth-order valence-electron chi connectivity index (χ4n) is 3.21. The first-order valence-corrected chi connectivity index (χ1v) is 11.5. The highest BCUT2D eigenvalue weighted by Crippen LogP contribution is 2.11. The fourth-order valence-corrected chi connectivity index (χ4v) is 3.21. The number of hydrogen-bond acceptors (Lipinski definition) is 6. The van der Waals surface area contributed by atoms with Gasteiger partial charge in [-0.25, -0.2) is 0 Å². The standard InChI is InChI=1S/C27H32N2O6/c1-19(31)26(24(32)18-30)29-27(34)22-13-9-20(10-14-22)7-8-21-11-15-23(16-12-21)28-25(33)6-4-3-5-17-35-2/h9-16,19,26,30-31H,3-6,17-18H2,1-2H3,(H,28,33)(H,29,34)/t19-,26+/m1/s1. The van der Waals surface area contributed by atoms with Crippen molar-refractivity contribution in [3.63, 3.8) is 0 Å². The summed E-state index contributed by atoms with van der Waals surface area (Å²) in [6, 6.07) is 12.5. The highest BCUT2D eigenvalue weighted by Gasteiger charge is 2.25. The minimum absolute atomic E-state index is 0.0223. The van der Waals surface area contributed by atoms with Crippen LogP contribution in [0.5, 0.6) is 0 Å². The highest BCUT2D eigenvalue weighted by molar-refractivity contribution is 5.98. The van der Waals surface area contributed by atoms with Gasteiger partial charge < -0.3 is 25.6 Å². The Morgan fingerprint density at radius 1 is 0.943 bits per heavy atom. The lowest BCUT2D eigenvalue weighted by Crippen LogP contribution is -2.48. The number of carbonyl (C=O) groups is 3. The van der Waals surface area contributed by atoms with Gasteiger partial charge in [-0.1, -0.05) is 18.3 Å². The summed E-state index contributed by atoms with van der Waals surface area (Å²) < 4.78 is 5.00. The molecule has 2 aromatic carbocycles. The number of carbonyl (C=O) groups excluding carboxylic acids is 3. The maximum Gasteiger partial charge on any atom is 0.251 e. The first kappa shape index (κ1) is 27.7. The van der Waals surface area contributed by atoms with E-state index in [-0.39, 0.29) is 5.91 Å². The van der Waals surface area contributed by atoms with E-state index in [9.17, 15) is 19.5 Å². The third kappa shape index (κ3) is 9.71. The van der Waals surface area contributed by atoms with Crippen molar-refractivity contribution in [3.05, 3.63) is 65.2 Å². The Balaban J connectivity index is 1.90. The molecular formula is C27H32N2O6. The zero-order valence-corrected chi connectivity index (χ0v) is 20.0. The van der Waals surface area contributed by atoms with E-state index in [1.807, 2.05) is 12.1 Å². The Kier molecular flexibility index (Phi) is 11.6. The van der Waals surface area contributed by atoms with Gasteiger partial charge in [0.15, 0.2) is 5.78 Å². The molecule has 0 aromatic heterocycles. The van der Waals surface area contributed by atoms with Crippen molar-refractivity contribution in [2.45, 2.75) is 44.8 Å². The number of methoxy groups -OCH3 is 1. The Hall–Kier alpha value is -3.51. The molecule has 0 saturated heterocycles. The molecule has 186 valence electrons. The molecule has 0 bridgehead atoms. The fraction of sp³-hybridized carbons (Fsp3) is 0.370. The van der Waals surface area contributed by atoms with Crippen LogP contribution in [0.25, 0.3) is 0 Å². The SMILES string of the molecule is COCCCCCC(=O)Nc1ccc(C#Cc2ccc(C(=O)N[C@H](C(=O)CO)[C@@H](C)O)cc2)cc1. The zero-order valence-electron chi connectivity index (χ0n) is 20.0. The molecule has 2 aromatic rings. The van der Waals surface area contributed by atoms with Gasteiger partial charge in [-0.05, 0) is 68.3 Å². The number of nitrogens with one attached hydrogen (secondary N) is 2. The number of benzene rings is 2. The third-order valence-electron chi connectivity index (χ3n) is 5.19. The number of unbranched alkanes of at least 4 members (excludes halogenated alkanes) is 2. The lowest BCUT2D eigenvalue weighted by Gasteiger charge is -2.19. The van der Waals surface area contributed by atoms with Gasteiger partial charge >= 0.3 is 0 Å². The average Bonchev–Trinajstić information content (AvgIpc) is 2.86. The average molecular weight is 481 g/mol. The number of rotatable bonds is 12. The van der Waals surface area contributed by atoms with Gasteiger partial charge in [0.25, 0.3) is 5.91 Å². The molecule has 0 aliphatic heterocycles. The molecule has 8 heteroatoms. The molecule has 0 radical (unpaired) electrons. The van der Waals surface area contributed by atoms with E-state index in [1.165, 1.54) is 6.92 Å². The highest BCUT2D eigenvalue weighted by atomic mass is 16.5. The number of ketones is 1. The molecule has 0 aliphatic rings. The Morgan fingerprint density at radius 2 is 1.54 bits per heavy atom. The van der Waals surface area contributed by atoms with Gasteiger partial charge in [0, 0.05) is 42.5 Å². The van der Waals surface area contributed by atoms with Crippen LogP contribution < -0.4 is 10.6 Å². The molecule has 0 unspecified atom stereocenters. The van der Waals surface area contributed by atoms with Crippen molar-refractivity contribution in [3.8, 4) is 11.8 Å². The quantitative estimate of drug-likeness (QED) is 0.273. The van der Waals surface area contributed by atoms with Crippen LogP contribution in [0.2, 0.25) is 0 Å². The maximum atomic E-state index is 12.4. The van der Waals surface area contributed by atoms with Crippen LogP contribution in [0.3, 0.4) is 0 Å². The predicted molar refractivity (Wildman–Crippen MR) is 133 cm³/mol. The Bertz CT molecular complexity index is 1040. The Morgan fingerprint density at radius 3 is 2.09 bits per heavy atom. The van der Waals surface area contributed by atoms with Gasteiger partial charge in [0.05, 0.1) is 6.10 Å². The van der Waals surface area contributed by atoms with Gasteiger partial charge in [0.2, 0.25) is 5.91 Å². The molecule has 4 N–H and O–H groups in total. The van der Waals surface area contributed by atoms with Crippen LogP contribution in [0, 0.1) is 11.8 Å². The van der Waals surface area contributed by atoms with Gasteiger partial charge in [-0.3, -0.25) is 14.4 Å². The van der Waals surface area contributed by atoms with E-state index in [1.54, 1.807) is 43.5 Å². The number of amides is 2. The number of ether oxygens (including phenoxy) is 1. The van der Waals surface area contributed by atoms with E-state index < -0.39 is 30.4 Å². The summed E-state index contributed by atoms with van der Waals surface area (Å²) in [4.78, 5) is 36.0. The first-order chi connectivity index (χ1) is 16.8. The normalized spacial score (nSPS) is 12.1. The van der Waals surface area contributed by atoms with E-state index in [0.717, 1.165) is 24.8 Å². The van der Waals surface area contributed by atoms with Gasteiger partial charge in [0.1, 0.15) is 12.6 Å². The first-order valence-electron chi connectivity index (χ1n) is 11.5. The number of hydrogen-bond donors (Lipinski definition) is 4. The van der Waals surface area contributed by atoms with Crippen molar-refractivity contribution in [1.82, 2.24) is 5.32 Å². The lowest BCUT2D eigenvalue weighted by atomic mass is 10.1. The van der Waals surface area contributed by atoms with E-state index in [4.69, 9.17) is 9.84 Å². The summed E-state index contributed by atoms with van der Waals surface area (Å²) in [7, 11) is 1.67. The second-order valence-electron chi connectivity index (χ2n) is 8.07. The zero-order chi connectivity index (χ0) is 25.6. The molecule has 0 heterocycles. The van der Waals surface area contributed by atoms with E-state index in [2.05, 4.69) is 22.5 Å². The van der Waals surface area contributed by atoms with Crippen LogP contribution in [0.1, 0.15) is 54.1 Å². The second kappa shape index (κ2) is 14.7. The number of anilines is 1. The lowest BCUT2D eigenvalue weighted by molar-refractivity contribution is -0.126. The van der Waals surface area contributed by atoms with Crippen molar-refractivity contribution in [2.24, 2.45) is 0 Å². The summed E-state index contributed by atoms with van der Waals surface area (Å²) in [5.74, 6) is 4.82. The van der Waals surface area contributed by atoms with Gasteiger partial charge in [-0.15, -0.1) is 0 Å². The summed E-state index contributed by atoms with van der Waals surface area (Å²) in [5.41, 5.74) is 2.46. The van der Waals surface area contributed by atoms with Crippen LogP contribution in [0.15, 0.2) is 48.5 Å². The molecule has 2 atom stereocenters. The molecule has 0 fully saturated rings. The van der Waals surface area contributed by atoms with E-state index >= 15 is 0 Å². The monoisotopic (exact) mass is 480 g/mol. The van der Waals surface area contributed by atoms with Crippen molar-refractivity contribution in [2.75, 3.05) is 25.6 Å². The van der Waals surface area contributed by atoms with Crippen LogP contribution in [0.4, 0.5) is 5.69 Å². The molecule has 8 nitrogen and oxygen atoms in total. The summed E-state index contributed by atoms with van der Waals surface area (Å²) in [5, 5.41) is 24.0. The molecule has 2 amide bonds. The van der Waals surface area contributed by atoms with Gasteiger partial charge in [-0.2, -0.15) is 0 Å². The summed E-state index contributed by atoms with van der Waals surface area (Å²) in [6.45, 7) is 1.30. The number of aliphatic hydroxyl groups is 2. The van der Waals surface area contributed by atoms with Crippen LogP contribution in [-0.4, -0.2) is 60.3 Å². The van der Waals surface area contributed by atoms with Crippen molar-refractivity contribution < 1.29 is 29.3 Å². The molecule has 0 saturated carbocycles. The summed E-state index contributed by atoms with van der Waals surface area (Å²) in [6.07, 6.45) is 2.06. The largest absolute Gasteiger partial charge is 0.391 e. The minimum atomic E-state index is -1.18. The van der Waals surface area contributed by atoms with Crippen LogP contribution >= 0.6 is 0 Å². The molecule has 35 heavy (non-hydrogen) atoms. The maximum absolute atomic E-state index is 12.4. The Labute approximate surface area is 205 Å². The molecular weight excluding hydrogens is 448 g/mol. The number of aliphatic hydroxyl groups excluding tert-OH is 2. The smallest absolute Gasteiger partial charge is 0.251 e. The predicted octanol–water partition coefficient (Wildman–Crippen LogP) is 2.27. The van der Waals surface area contributed by atoms with E-state index in [0.29, 0.717) is 29.8 Å². The second-order valence-corrected chi connectivity index (χ2v) is 8.07. The summed E-state index contributed by atoms with van der Waals surface area (Å²) >= 11 is 0. The number of Topliss-reactive ketones (excluding diaryl/α,β-unsaturated/α-hetero) is 1. The molecule has 2 rings (SSSR count). The molecule has 0 aliphatic carbocycles. The minimum Gasteiger partial charge on any atom is -0.391 e. The topological polar surface area (TPSA) is 125 Å². The third-order valence-corrected chi connectivity index (χ3v) is 5.19. The van der Waals surface area contributed by atoms with Crippen molar-refractivity contribution in [1.29, 1.82) is 0 Å². The van der Waals surface area contributed by atoms with Crippen molar-refractivity contribution >= 4 is 23.3 Å².